The predicted octanol–water partition coefficient (Wildman–Crippen LogP) is 7.14. The molecule has 0 bridgehead atoms. The molecule has 5 aliphatic rings. The predicted molar refractivity (Wildman–Crippen MR) is 131 cm³/mol. The van der Waals surface area contributed by atoms with Crippen LogP contribution in [-0.4, -0.2) is 17.9 Å². The molecule has 4 saturated carbocycles. The number of ether oxygens (including phenoxy) is 1. The topological polar surface area (TPSA) is 43.4 Å². The van der Waals surface area contributed by atoms with Crippen molar-refractivity contribution in [2.75, 3.05) is 0 Å². The molecule has 0 heterocycles. The number of carbonyl (C=O) groups excluding carboxylic acids is 2. The minimum atomic E-state index is -0.544. The Kier molecular flexibility index (Phi) is 6.10. The van der Waals surface area contributed by atoms with Crippen molar-refractivity contribution < 1.29 is 14.3 Å². The van der Waals surface area contributed by atoms with Crippen molar-refractivity contribution in [2.45, 2.75) is 111 Å². The molecule has 33 heavy (non-hydrogen) atoms. The molecule has 0 aromatic rings. The fraction of sp³-hybridized carbons (Fsp3) is 0.867. The lowest BCUT2D eigenvalue weighted by atomic mass is 9.50. The van der Waals surface area contributed by atoms with Gasteiger partial charge in [0.25, 0.3) is 0 Å². The summed E-state index contributed by atoms with van der Waals surface area (Å²) in [7, 11) is 0. The number of allylic oxidation sites excluding steroid dienone is 1. The summed E-state index contributed by atoms with van der Waals surface area (Å²) in [5.74, 6) is 4.03. The van der Waals surface area contributed by atoms with Gasteiger partial charge in [-0.1, -0.05) is 46.6 Å². The lowest BCUT2D eigenvalue weighted by Crippen LogP contribution is -2.49. The first-order chi connectivity index (χ1) is 15.6. The van der Waals surface area contributed by atoms with E-state index in [0.717, 1.165) is 50.4 Å². The van der Waals surface area contributed by atoms with E-state index in [1.807, 2.05) is 6.08 Å². The Bertz CT molecular complexity index is 811. The smallest absolute Gasteiger partial charge is 0.309 e. The van der Waals surface area contributed by atoms with Crippen LogP contribution in [0.25, 0.3) is 0 Å². The molecule has 0 amide bonds. The van der Waals surface area contributed by atoms with Gasteiger partial charge in [0.05, 0.1) is 5.92 Å². The molecule has 0 aliphatic heterocycles. The maximum Gasteiger partial charge on any atom is 0.309 e. The molecule has 5 aliphatic carbocycles. The SMILES string of the molecule is CC1CC2=CC(=O)C(OC(=O)C3CCC(C(C)(C)C)CC3)C[C@@H]2[C@H]2CC[C@]3(C)CCC[C@H]3[C@H]12. The van der Waals surface area contributed by atoms with Gasteiger partial charge in [-0.3, -0.25) is 9.59 Å². The molecule has 0 aromatic heterocycles. The summed E-state index contributed by atoms with van der Waals surface area (Å²) in [5, 5.41) is 0. The zero-order valence-corrected chi connectivity index (χ0v) is 21.7. The molecule has 0 aromatic carbocycles. The Morgan fingerprint density at radius 3 is 2.48 bits per heavy atom. The molecule has 5 rings (SSSR count). The summed E-state index contributed by atoms with van der Waals surface area (Å²) in [6.07, 6.45) is 14.0. The molecule has 0 spiro atoms. The van der Waals surface area contributed by atoms with Gasteiger partial charge < -0.3 is 4.74 Å². The third-order valence-electron chi connectivity index (χ3n) is 11.0. The highest BCUT2D eigenvalue weighted by Gasteiger charge is 2.55. The number of esters is 1. The number of hydrogen-bond donors (Lipinski definition) is 0. The normalized spacial score (nSPS) is 45.5. The van der Waals surface area contributed by atoms with Gasteiger partial charge in [0, 0.05) is 0 Å². The maximum atomic E-state index is 13.1. The highest BCUT2D eigenvalue weighted by molar-refractivity contribution is 5.96. The molecule has 7 atom stereocenters. The molecule has 3 heteroatoms. The third-order valence-corrected chi connectivity index (χ3v) is 11.0. The standard InChI is InChI=1S/C30H46O3/c1-18-15-20-16-25(31)26(33-28(32)19-8-10-21(11-9-19)29(2,3)4)17-23(20)22-12-14-30(5)13-6-7-24(30)27(18)22/h16,18-19,21-24,26-27H,6-15,17H2,1-5H3/t18?,19?,21?,22-,23+,24+,26?,27-,30+/m1/s1. The van der Waals surface area contributed by atoms with Crippen LogP contribution in [0, 0.1) is 52.3 Å². The third kappa shape index (κ3) is 4.25. The first-order valence-corrected chi connectivity index (χ1v) is 14.0. The van der Waals surface area contributed by atoms with E-state index in [1.165, 1.54) is 37.7 Å². The van der Waals surface area contributed by atoms with Crippen LogP contribution in [0.2, 0.25) is 0 Å². The number of rotatable bonds is 2. The fourth-order valence-corrected chi connectivity index (χ4v) is 9.09. The Hall–Kier alpha value is -1.12. The monoisotopic (exact) mass is 454 g/mol. The molecule has 3 nitrogen and oxygen atoms in total. The molecular formula is C30H46O3. The molecule has 2 unspecified atom stereocenters. The van der Waals surface area contributed by atoms with E-state index in [0.29, 0.717) is 34.5 Å². The van der Waals surface area contributed by atoms with Crippen LogP contribution in [-0.2, 0) is 14.3 Å². The van der Waals surface area contributed by atoms with Gasteiger partial charge in [-0.2, -0.15) is 0 Å². The van der Waals surface area contributed by atoms with Gasteiger partial charge in [-0.15, -0.1) is 0 Å². The summed E-state index contributed by atoms with van der Waals surface area (Å²) in [4.78, 5) is 26.1. The van der Waals surface area contributed by atoms with Crippen molar-refractivity contribution in [1.82, 2.24) is 0 Å². The molecule has 0 saturated heterocycles. The Balaban J connectivity index is 1.26. The van der Waals surface area contributed by atoms with Crippen LogP contribution in [0.1, 0.15) is 105 Å². The Morgan fingerprint density at radius 2 is 1.79 bits per heavy atom. The average molecular weight is 455 g/mol. The second kappa shape index (κ2) is 8.52. The van der Waals surface area contributed by atoms with Crippen LogP contribution in [0.15, 0.2) is 11.6 Å². The van der Waals surface area contributed by atoms with Crippen LogP contribution < -0.4 is 0 Å². The summed E-state index contributed by atoms with van der Waals surface area (Å²) >= 11 is 0. The first-order valence-electron chi connectivity index (χ1n) is 14.0. The summed E-state index contributed by atoms with van der Waals surface area (Å²) in [6.45, 7) is 11.9. The Morgan fingerprint density at radius 1 is 1.06 bits per heavy atom. The van der Waals surface area contributed by atoms with Crippen molar-refractivity contribution in [3.63, 3.8) is 0 Å². The Labute approximate surface area is 201 Å². The second-order valence-electron chi connectivity index (χ2n) is 13.9. The zero-order chi connectivity index (χ0) is 23.5. The lowest BCUT2D eigenvalue weighted by molar-refractivity contribution is -0.161. The van der Waals surface area contributed by atoms with Crippen molar-refractivity contribution in [1.29, 1.82) is 0 Å². The summed E-state index contributed by atoms with van der Waals surface area (Å²) in [6, 6.07) is 0. The highest BCUT2D eigenvalue weighted by atomic mass is 16.5. The van der Waals surface area contributed by atoms with Crippen LogP contribution >= 0.6 is 0 Å². The van der Waals surface area contributed by atoms with Crippen molar-refractivity contribution in [2.24, 2.45) is 52.3 Å². The number of carbonyl (C=O) groups is 2. The van der Waals surface area contributed by atoms with E-state index in [2.05, 4.69) is 34.6 Å². The van der Waals surface area contributed by atoms with Crippen LogP contribution in [0.5, 0.6) is 0 Å². The van der Waals surface area contributed by atoms with E-state index in [4.69, 9.17) is 4.74 Å². The van der Waals surface area contributed by atoms with Gasteiger partial charge >= 0.3 is 5.97 Å². The van der Waals surface area contributed by atoms with E-state index < -0.39 is 6.10 Å². The maximum absolute atomic E-state index is 13.1. The van der Waals surface area contributed by atoms with E-state index in [9.17, 15) is 9.59 Å². The highest BCUT2D eigenvalue weighted by Crippen LogP contribution is 2.63. The number of fused-ring (bicyclic) bond motifs is 5. The lowest BCUT2D eigenvalue weighted by Gasteiger charge is -2.55. The minimum Gasteiger partial charge on any atom is -0.454 e. The minimum absolute atomic E-state index is 0.0187. The van der Waals surface area contributed by atoms with Crippen molar-refractivity contribution >= 4 is 11.8 Å². The number of ketones is 1. The molecule has 0 N–H and O–H groups in total. The van der Waals surface area contributed by atoms with Crippen LogP contribution in [0.4, 0.5) is 0 Å². The first kappa shape index (κ1) is 23.6. The summed E-state index contributed by atoms with van der Waals surface area (Å²) in [5.41, 5.74) is 2.21. The van der Waals surface area contributed by atoms with Gasteiger partial charge in [0.15, 0.2) is 11.9 Å². The molecule has 4 fully saturated rings. The van der Waals surface area contributed by atoms with Gasteiger partial charge in [0.1, 0.15) is 0 Å². The largest absolute Gasteiger partial charge is 0.454 e. The summed E-state index contributed by atoms with van der Waals surface area (Å²) < 4.78 is 5.99. The van der Waals surface area contributed by atoms with E-state index in [-0.39, 0.29) is 17.7 Å². The van der Waals surface area contributed by atoms with Crippen LogP contribution in [0.3, 0.4) is 0 Å². The second-order valence-corrected chi connectivity index (χ2v) is 13.9. The van der Waals surface area contributed by atoms with Crippen molar-refractivity contribution in [3.05, 3.63) is 11.6 Å². The molecule has 184 valence electrons. The van der Waals surface area contributed by atoms with Gasteiger partial charge in [-0.25, -0.2) is 0 Å². The average Bonchev–Trinajstić information content (AvgIpc) is 3.15. The van der Waals surface area contributed by atoms with Gasteiger partial charge in [0.2, 0.25) is 0 Å². The van der Waals surface area contributed by atoms with E-state index >= 15 is 0 Å². The van der Waals surface area contributed by atoms with Crippen molar-refractivity contribution in [3.8, 4) is 0 Å². The zero-order valence-electron chi connectivity index (χ0n) is 21.7. The quantitative estimate of drug-likeness (QED) is 0.417. The van der Waals surface area contributed by atoms with Gasteiger partial charge in [-0.05, 0) is 117 Å². The number of hydrogen-bond acceptors (Lipinski definition) is 3. The molecular weight excluding hydrogens is 408 g/mol. The molecule has 0 radical (unpaired) electrons. The fourth-order valence-electron chi connectivity index (χ4n) is 9.09. The van der Waals surface area contributed by atoms with E-state index in [1.54, 1.807) is 0 Å².